The molecule has 0 spiro atoms. The van der Waals surface area contributed by atoms with E-state index in [1.54, 1.807) is 0 Å². The van der Waals surface area contributed by atoms with Crippen LogP contribution in [0.5, 0.6) is 0 Å². The largest absolute Gasteiger partial charge is 0.466 e. The summed E-state index contributed by atoms with van der Waals surface area (Å²) in [6.45, 7) is 4.47. The summed E-state index contributed by atoms with van der Waals surface area (Å²) in [5.41, 5.74) is 0. The molecule has 0 aliphatic rings. The molecule has 1 nitrogen and oxygen atoms in total. The first kappa shape index (κ1) is 7.39. The van der Waals surface area contributed by atoms with E-state index in [1.807, 2.05) is 0 Å². The van der Waals surface area contributed by atoms with Gasteiger partial charge in [0.25, 0.3) is 0 Å². The van der Waals surface area contributed by atoms with E-state index in [9.17, 15) is 0 Å². The zero-order valence-corrected chi connectivity index (χ0v) is 8.55. The first-order chi connectivity index (χ1) is 3.31. The monoisotopic (exact) mass is 134 g/mol. The molecule has 0 saturated carbocycles. The lowest BCUT2D eigenvalue weighted by atomic mass is 10.6. The minimum absolute atomic E-state index is 0.620. The SMILES string of the molecule is CCC[SiH](C)O[SiH3]. The van der Waals surface area contributed by atoms with Crippen LogP contribution in [0.4, 0.5) is 0 Å². The average molecular weight is 134 g/mol. The van der Waals surface area contributed by atoms with Crippen molar-refractivity contribution in [2.24, 2.45) is 0 Å². The van der Waals surface area contributed by atoms with Crippen molar-refractivity contribution in [3.8, 4) is 0 Å². The van der Waals surface area contributed by atoms with Gasteiger partial charge >= 0.3 is 0 Å². The topological polar surface area (TPSA) is 9.23 Å². The summed E-state index contributed by atoms with van der Waals surface area (Å²) in [6.07, 6.45) is 1.30. The molecule has 1 atom stereocenters. The second-order valence-corrected chi connectivity index (χ2v) is 5.92. The van der Waals surface area contributed by atoms with Crippen molar-refractivity contribution in [3.63, 3.8) is 0 Å². The Kier molecular flexibility index (Phi) is 4.81. The van der Waals surface area contributed by atoms with E-state index in [4.69, 9.17) is 4.12 Å². The Bertz CT molecular complexity index is 40.7. The highest BCUT2D eigenvalue weighted by molar-refractivity contribution is 6.54. The van der Waals surface area contributed by atoms with E-state index < -0.39 is 9.04 Å². The molecule has 0 aromatic rings. The van der Waals surface area contributed by atoms with Crippen LogP contribution in [0.2, 0.25) is 12.6 Å². The van der Waals surface area contributed by atoms with Gasteiger partial charge in [0.05, 0.1) is 0 Å². The molecule has 0 radical (unpaired) electrons. The van der Waals surface area contributed by atoms with Crippen LogP contribution >= 0.6 is 0 Å². The first-order valence-electron chi connectivity index (χ1n) is 2.84. The second kappa shape index (κ2) is 4.55. The third-order valence-corrected chi connectivity index (χ3v) is 5.71. The molecular formula is C4H14OSi2. The number of rotatable bonds is 3. The summed E-state index contributed by atoms with van der Waals surface area (Å²) in [4.78, 5) is 0. The van der Waals surface area contributed by atoms with Gasteiger partial charge in [0.2, 0.25) is 0 Å². The maximum Gasteiger partial charge on any atom is 0.159 e. The van der Waals surface area contributed by atoms with Crippen LogP contribution in [-0.4, -0.2) is 19.5 Å². The van der Waals surface area contributed by atoms with Gasteiger partial charge < -0.3 is 4.12 Å². The Labute approximate surface area is 50.3 Å². The molecule has 44 valence electrons. The van der Waals surface area contributed by atoms with Gasteiger partial charge in [-0.15, -0.1) is 0 Å². The highest BCUT2D eigenvalue weighted by atomic mass is 28.3. The molecule has 0 rings (SSSR count). The summed E-state index contributed by atoms with van der Waals surface area (Å²) < 4.78 is 5.27. The van der Waals surface area contributed by atoms with Crippen LogP contribution in [-0.2, 0) is 4.12 Å². The molecule has 1 unspecified atom stereocenters. The summed E-state index contributed by atoms with van der Waals surface area (Å²) in [5.74, 6) is 0. The Balaban J connectivity index is 2.83. The fraction of sp³-hybridized carbons (Fsp3) is 1.00. The van der Waals surface area contributed by atoms with Gasteiger partial charge in [0, 0.05) is 0 Å². The van der Waals surface area contributed by atoms with E-state index in [2.05, 4.69) is 13.5 Å². The maximum atomic E-state index is 5.27. The molecule has 0 fully saturated rings. The van der Waals surface area contributed by atoms with Crippen LogP contribution in [0.1, 0.15) is 13.3 Å². The predicted molar refractivity (Wildman–Crippen MR) is 39.1 cm³/mol. The molecule has 0 N–H and O–H groups in total. The quantitative estimate of drug-likeness (QED) is 0.496. The molecule has 0 aliphatic heterocycles. The maximum absolute atomic E-state index is 5.27. The van der Waals surface area contributed by atoms with Gasteiger partial charge in [-0.3, -0.25) is 0 Å². The van der Waals surface area contributed by atoms with Crippen molar-refractivity contribution in [1.82, 2.24) is 0 Å². The predicted octanol–water partition coefficient (Wildman–Crippen LogP) is 0.0470. The van der Waals surface area contributed by atoms with Crippen molar-refractivity contribution in [2.45, 2.75) is 25.9 Å². The molecule has 0 aromatic heterocycles. The Hall–Kier alpha value is 0.394. The lowest BCUT2D eigenvalue weighted by molar-refractivity contribution is 0.632. The molecular weight excluding hydrogens is 120 g/mol. The summed E-state index contributed by atoms with van der Waals surface area (Å²) in [7, 11) is 0.329. The lowest BCUT2D eigenvalue weighted by Crippen LogP contribution is -2.09. The Morgan fingerprint density at radius 2 is 2.29 bits per heavy atom. The van der Waals surface area contributed by atoms with Crippen molar-refractivity contribution in [1.29, 1.82) is 0 Å². The summed E-state index contributed by atoms with van der Waals surface area (Å²) in [5, 5.41) is 0. The zero-order valence-electron chi connectivity index (χ0n) is 5.40. The normalized spacial score (nSPS) is 14.6. The van der Waals surface area contributed by atoms with Crippen LogP contribution in [0.25, 0.3) is 0 Å². The van der Waals surface area contributed by atoms with Crippen molar-refractivity contribution in [3.05, 3.63) is 0 Å². The first-order valence-corrected chi connectivity index (χ1v) is 6.10. The number of hydrogen-bond donors (Lipinski definition) is 0. The molecule has 0 saturated heterocycles. The molecule has 0 aliphatic carbocycles. The molecule has 0 amide bonds. The van der Waals surface area contributed by atoms with Gasteiger partial charge in [0.1, 0.15) is 10.5 Å². The minimum atomic E-state index is -0.620. The van der Waals surface area contributed by atoms with Gasteiger partial charge in [-0.1, -0.05) is 13.3 Å². The van der Waals surface area contributed by atoms with Crippen LogP contribution in [0.15, 0.2) is 0 Å². The molecule has 3 heteroatoms. The van der Waals surface area contributed by atoms with Gasteiger partial charge in [-0.2, -0.15) is 0 Å². The fourth-order valence-electron chi connectivity index (χ4n) is 0.524. The molecule has 7 heavy (non-hydrogen) atoms. The lowest BCUT2D eigenvalue weighted by Gasteiger charge is -2.03. The van der Waals surface area contributed by atoms with Gasteiger partial charge in [0.15, 0.2) is 9.04 Å². The summed E-state index contributed by atoms with van der Waals surface area (Å²) >= 11 is 0. The standard InChI is InChI=1S/C4H14OSi2/c1-3-4-7(2)5-6/h7H,3-4H2,1-2,6H3. The fourth-order valence-corrected chi connectivity index (χ4v) is 2.28. The minimum Gasteiger partial charge on any atom is -0.466 e. The highest BCUT2D eigenvalue weighted by Gasteiger charge is 1.95. The van der Waals surface area contributed by atoms with Crippen molar-refractivity contribution < 1.29 is 4.12 Å². The van der Waals surface area contributed by atoms with Gasteiger partial charge in [-0.05, 0) is 12.6 Å². The van der Waals surface area contributed by atoms with E-state index in [0.29, 0.717) is 0 Å². The molecule has 0 bridgehead atoms. The highest BCUT2D eigenvalue weighted by Crippen LogP contribution is 1.94. The zero-order chi connectivity index (χ0) is 5.70. The van der Waals surface area contributed by atoms with E-state index in [0.717, 1.165) is 10.5 Å². The number of hydrogen-bond acceptors (Lipinski definition) is 1. The molecule has 0 aromatic carbocycles. The van der Waals surface area contributed by atoms with Crippen LogP contribution in [0, 0.1) is 0 Å². The second-order valence-electron chi connectivity index (χ2n) is 1.83. The summed E-state index contributed by atoms with van der Waals surface area (Å²) in [6, 6.07) is 1.35. The van der Waals surface area contributed by atoms with E-state index in [1.165, 1.54) is 12.5 Å². The van der Waals surface area contributed by atoms with E-state index >= 15 is 0 Å². The Morgan fingerprint density at radius 1 is 1.71 bits per heavy atom. The smallest absolute Gasteiger partial charge is 0.159 e. The third-order valence-electron chi connectivity index (χ3n) is 1.10. The van der Waals surface area contributed by atoms with Crippen molar-refractivity contribution >= 4 is 19.5 Å². The van der Waals surface area contributed by atoms with Crippen molar-refractivity contribution in [2.75, 3.05) is 0 Å². The molecule has 0 heterocycles. The van der Waals surface area contributed by atoms with Gasteiger partial charge in [-0.25, -0.2) is 0 Å². The van der Waals surface area contributed by atoms with Crippen LogP contribution < -0.4 is 0 Å². The van der Waals surface area contributed by atoms with Crippen LogP contribution in [0.3, 0.4) is 0 Å². The third kappa shape index (κ3) is 4.24. The average Bonchev–Trinajstić information content (AvgIpc) is 1.68. The van der Waals surface area contributed by atoms with E-state index in [-0.39, 0.29) is 0 Å². The Morgan fingerprint density at radius 3 is 2.43 bits per heavy atom.